The Bertz CT molecular complexity index is 170. The summed E-state index contributed by atoms with van der Waals surface area (Å²) in [5.74, 6) is 0. The van der Waals surface area contributed by atoms with Gasteiger partial charge in [-0.25, -0.2) is 0 Å². The average molecular weight is 231 g/mol. The summed E-state index contributed by atoms with van der Waals surface area (Å²) < 4.78 is 10.7. The van der Waals surface area contributed by atoms with Crippen molar-refractivity contribution < 1.29 is 14.6 Å². The van der Waals surface area contributed by atoms with Crippen LogP contribution in [0.15, 0.2) is 0 Å². The number of ether oxygens (including phenoxy) is 2. The lowest BCUT2D eigenvalue weighted by Gasteiger charge is -2.32. The van der Waals surface area contributed by atoms with Gasteiger partial charge in [-0.05, 0) is 6.42 Å². The zero-order valence-electron chi connectivity index (χ0n) is 10.3. The summed E-state index contributed by atoms with van der Waals surface area (Å²) in [5, 5.41) is 13.4. The molecule has 1 rings (SSSR count). The van der Waals surface area contributed by atoms with Crippen LogP contribution >= 0.6 is 0 Å². The van der Waals surface area contributed by atoms with Gasteiger partial charge in [0.25, 0.3) is 0 Å². The van der Waals surface area contributed by atoms with Crippen LogP contribution in [0.1, 0.15) is 32.6 Å². The molecule has 16 heavy (non-hydrogen) atoms. The Morgan fingerprint density at radius 1 is 1.31 bits per heavy atom. The molecule has 1 heterocycles. The molecule has 0 aromatic rings. The minimum Gasteiger partial charge on any atom is -0.388 e. The minimum absolute atomic E-state index is 0.568. The van der Waals surface area contributed by atoms with E-state index in [0.717, 1.165) is 39.0 Å². The van der Waals surface area contributed by atoms with Crippen molar-refractivity contribution in [3.63, 3.8) is 0 Å². The highest BCUT2D eigenvalue weighted by Crippen LogP contribution is 2.18. The second-order valence-corrected chi connectivity index (χ2v) is 4.48. The molecule has 1 aliphatic rings. The molecular weight excluding hydrogens is 206 g/mol. The van der Waals surface area contributed by atoms with Gasteiger partial charge in [-0.2, -0.15) is 0 Å². The third kappa shape index (κ3) is 5.80. The SMILES string of the molecule is CCCCOCCNCC1(O)CCOCC1. The summed E-state index contributed by atoms with van der Waals surface area (Å²) in [7, 11) is 0. The van der Waals surface area contributed by atoms with E-state index in [1.54, 1.807) is 0 Å². The number of unbranched alkanes of at least 4 members (excludes halogenated alkanes) is 1. The Kier molecular flexibility index (Phi) is 6.96. The van der Waals surface area contributed by atoms with Crippen LogP contribution in [-0.2, 0) is 9.47 Å². The molecule has 2 N–H and O–H groups in total. The van der Waals surface area contributed by atoms with Gasteiger partial charge >= 0.3 is 0 Å². The predicted molar refractivity (Wildman–Crippen MR) is 63.6 cm³/mol. The molecule has 0 bridgehead atoms. The molecule has 1 fully saturated rings. The van der Waals surface area contributed by atoms with Crippen LogP contribution in [0.5, 0.6) is 0 Å². The van der Waals surface area contributed by atoms with E-state index in [9.17, 15) is 5.11 Å². The quantitative estimate of drug-likeness (QED) is 0.610. The predicted octanol–water partition coefficient (Wildman–Crippen LogP) is 0.934. The molecular formula is C12H25NO3. The first kappa shape index (κ1) is 13.9. The first-order chi connectivity index (χ1) is 7.77. The summed E-state index contributed by atoms with van der Waals surface area (Å²) in [5.41, 5.74) is -0.568. The molecule has 96 valence electrons. The van der Waals surface area contributed by atoms with E-state index in [1.165, 1.54) is 6.42 Å². The van der Waals surface area contributed by atoms with Gasteiger partial charge in [0, 0.05) is 45.8 Å². The maximum Gasteiger partial charge on any atom is 0.0815 e. The van der Waals surface area contributed by atoms with Gasteiger partial charge in [0.2, 0.25) is 0 Å². The molecule has 0 aromatic carbocycles. The Morgan fingerprint density at radius 3 is 2.75 bits per heavy atom. The van der Waals surface area contributed by atoms with E-state index in [4.69, 9.17) is 9.47 Å². The zero-order valence-corrected chi connectivity index (χ0v) is 10.3. The first-order valence-electron chi connectivity index (χ1n) is 6.35. The molecule has 0 saturated carbocycles. The van der Waals surface area contributed by atoms with Gasteiger partial charge in [0.1, 0.15) is 0 Å². The van der Waals surface area contributed by atoms with Gasteiger partial charge in [-0.3, -0.25) is 0 Å². The number of nitrogens with one attached hydrogen (secondary N) is 1. The van der Waals surface area contributed by atoms with Gasteiger partial charge < -0.3 is 19.9 Å². The van der Waals surface area contributed by atoms with Crippen molar-refractivity contribution >= 4 is 0 Å². The molecule has 0 amide bonds. The summed E-state index contributed by atoms with van der Waals surface area (Å²) >= 11 is 0. The van der Waals surface area contributed by atoms with Crippen molar-refractivity contribution in [2.24, 2.45) is 0 Å². The van der Waals surface area contributed by atoms with Crippen LogP contribution < -0.4 is 5.32 Å². The molecule has 1 aliphatic heterocycles. The average Bonchev–Trinajstić information content (AvgIpc) is 2.29. The van der Waals surface area contributed by atoms with E-state index >= 15 is 0 Å². The van der Waals surface area contributed by atoms with Crippen LogP contribution in [0.2, 0.25) is 0 Å². The second-order valence-electron chi connectivity index (χ2n) is 4.48. The molecule has 4 heteroatoms. The van der Waals surface area contributed by atoms with Crippen LogP contribution in [0.25, 0.3) is 0 Å². The molecule has 0 unspecified atom stereocenters. The van der Waals surface area contributed by atoms with Crippen LogP contribution in [-0.4, -0.2) is 50.2 Å². The number of aliphatic hydroxyl groups is 1. The van der Waals surface area contributed by atoms with Gasteiger partial charge in [-0.15, -0.1) is 0 Å². The standard InChI is InChI=1S/C12H25NO3/c1-2-3-7-15-10-6-13-11-12(14)4-8-16-9-5-12/h13-14H,2-11H2,1H3. The topological polar surface area (TPSA) is 50.7 Å². The van der Waals surface area contributed by atoms with Crippen molar-refractivity contribution in [3.05, 3.63) is 0 Å². The van der Waals surface area contributed by atoms with Crippen molar-refractivity contribution in [2.45, 2.75) is 38.2 Å². The third-order valence-electron chi connectivity index (χ3n) is 2.94. The van der Waals surface area contributed by atoms with E-state index in [-0.39, 0.29) is 0 Å². The molecule has 0 radical (unpaired) electrons. The summed E-state index contributed by atoms with van der Waals surface area (Å²) in [6.45, 7) is 6.53. The molecule has 0 aliphatic carbocycles. The Labute approximate surface area is 98.3 Å². The van der Waals surface area contributed by atoms with Crippen LogP contribution in [0, 0.1) is 0 Å². The van der Waals surface area contributed by atoms with E-state index in [1.807, 2.05) is 0 Å². The Hall–Kier alpha value is -0.160. The summed E-state index contributed by atoms with van der Waals surface area (Å²) in [6, 6.07) is 0. The Balaban J connectivity index is 1.93. The fourth-order valence-corrected chi connectivity index (χ4v) is 1.74. The smallest absolute Gasteiger partial charge is 0.0815 e. The number of hydrogen-bond acceptors (Lipinski definition) is 4. The maximum absolute atomic E-state index is 10.1. The van der Waals surface area contributed by atoms with Crippen molar-refractivity contribution in [2.75, 3.05) is 39.5 Å². The highest BCUT2D eigenvalue weighted by atomic mass is 16.5. The summed E-state index contributed by atoms with van der Waals surface area (Å²) in [4.78, 5) is 0. The van der Waals surface area contributed by atoms with E-state index < -0.39 is 5.60 Å². The van der Waals surface area contributed by atoms with Crippen LogP contribution in [0.4, 0.5) is 0 Å². The van der Waals surface area contributed by atoms with Gasteiger partial charge in [-0.1, -0.05) is 13.3 Å². The number of hydrogen-bond donors (Lipinski definition) is 2. The monoisotopic (exact) mass is 231 g/mol. The fraction of sp³-hybridized carbons (Fsp3) is 1.00. The zero-order chi connectivity index (χ0) is 11.7. The molecule has 0 atom stereocenters. The minimum atomic E-state index is -0.568. The lowest BCUT2D eigenvalue weighted by molar-refractivity contribution is -0.0620. The van der Waals surface area contributed by atoms with Crippen molar-refractivity contribution in [3.8, 4) is 0 Å². The third-order valence-corrected chi connectivity index (χ3v) is 2.94. The van der Waals surface area contributed by atoms with E-state index in [2.05, 4.69) is 12.2 Å². The lowest BCUT2D eigenvalue weighted by atomic mass is 9.94. The Morgan fingerprint density at radius 2 is 2.06 bits per heavy atom. The van der Waals surface area contributed by atoms with E-state index in [0.29, 0.717) is 19.8 Å². The summed E-state index contributed by atoms with van der Waals surface area (Å²) in [6.07, 6.45) is 3.77. The molecule has 1 saturated heterocycles. The lowest BCUT2D eigenvalue weighted by Crippen LogP contribution is -2.45. The highest BCUT2D eigenvalue weighted by Gasteiger charge is 2.28. The molecule has 0 spiro atoms. The van der Waals surface area contributed by atoms with Gasteiger partial charge in [0.05, 0.1) is 12.2 Å². The maximum atomic E-state index is 10.1. The van der Waals surface area contributed by atoms with Crippen LogP contribution in [0.3, 0.4) is 0 Å². The second kappa shape index (κ2) is 8.01. The van der Waals surface area contributed by atoms with Crippen molar-refractivity contribution in [1.82, 2.24) is 5.32 Å². The largest absolute Gasteiger partial charge is 0.388 e. The number of rotatable bonds is 8. The van der Waals surface area contributed by atoms with Gasteiger partial charge in [0.15, 0.2) is 0 Å². The normalized spacial score (nSPS) is 19.9. The highest BCUT2D eigenvalue weighted by molar-refractivity contribution is 4.83. The molecule has 0 aromatic heterocycles. The molecule has 4 nitrogen and oxygen atoms in total. The first-order valence-corrected chi connectivity index (χ1v) is 6.35. The van der Waals surface area contributed by atoms with Crippen molar-refractivity contribution in [1.29, 1.82) is 0 Å². The fourth-order valence-electron chi connectivity index (χ4n) is 1.74.